The van der Waals surface area contributed by atoms with E-state index in [2.05, 4.69) is 5.32 Å². The summed E-state index contributed by atoms with van der Waals surface area (Å²) in [5.41, 5.74) is 0.561. The van der Waals surface area contributed by atoms with Crippen LogP contribution in [0.2, 0.25) is 0 Å². The topological polar surface area (TPSA) is 77.1 Å². The molecular weight excluding hydrogens is 300 g/mol. The molecule has 1 aromatic carbocycles. The molecule has 1 N–H and O–H groups in total. The van der Waals surface area contributed by atoms with E-state index in [1.54, 1.807) is 30.0 Å². The number of likely N-dealkylation sites (tertiary alicyclic amines) is 1. The average molecular weight is 320 g/mol. The third-order valence-electron chi connectivity index (χ3n) is 3.93. The van der Waals surface area contributed by atoms with Gasteiger partial charge in [0.05, 0.1) is 6.61 Å². The zero-order chi connectivity index (χ0) is 16.2. The van der Waals surface area contributed by atoms with Crippen LogP contribution in [0.15, 0.2) is 18.2 Å². The van der Waals surface area contributed by atoms with Gasteiger partial charge in [0.15, 0.2) is 11.5 Å². The van der Waals surface area contributed by atoms with Crippen LogP contribution in [-0.4, -0.2) is 49.4 Å². The average Bonchev–Trinajstić information content (AvgIpc) is 3.02. The molecule has 0 unspecified atom stereocenters. The van der Waals surface area contributed by atoms with E-state index in [0.29, 0.717) is 36.8 Å². The van der Waals surface area contributed by atoms with Crippen LogP contribution in [-0.2, 0) is 4.74 Å². The van der Waals surface area contributed by atoms with Crippen LogP contribution in [0.5, 0.6) is 11.5 Å². The smallest absolute Gasteiger partial charge is 0.407 e. The summed E-state index contributed by atoms with van der Waals surface area (Å²) < 4.78 is 15.5. The lowest BCUT2D eigenvalue weighted by Gasteiger charge is -2.33. The summed E-state index contributed by atoms with van der Waals surface area (Å²) in [6.45, 7) is 3.43. The Bertz CT molecular complexity index is 604. The van der Waals surface area contributed by atoms with E-state index >= 15 is 0 Å². The quantitative estimate of drug-likeness (QED) is 0.918. The van der Waals surface area contributed by atoms with Crippen molar-refractivity contribution < 1.29 is 23.8 Å². The van der Waals surface area contributed by atoms with Crippen molar-refractivity contribution in [1.82, 2.24) is 10.2 Å². The first-order valence-corrected chi connectivity index (χ1v) is 7.79. The Balaban J connectivity index is 1.64. The van der Waals surface area contributed by atoms with E-state index < -0.39 is 6.09 Å². The molecule has 0 bridgehead atoms. The number of benzene rings is 1. The molecule has 7 nitrogen and oxygen atoms in total. The molecule has 3 rings (SSSR count). The third-order valence-corrected chi connectivity index (χ3v) is 3.93. The minimum absolute atomic E-state index is 0.0707. The van der Waals surface area contributed by atoms with Gasteiger partial charge in [-0.3, -0.25) is 4.79 Å². The van der Waals surface area contributed by atoms with Crippen molar-refractivity contribution >= 4 is 12.0 Å². The van der Waals surface area contributed by atoms with E-state index in [9.17, 15) is 9.59 Å². The molecule has 7 heteroatoms. The Morgan fingerprint density at radius 1 is 1.35 bits per heavy atom. The summed E-state index contributed by atoms with van der Waals surface area (Å²) in [7, 11) is 0. The summed E-state index contributed by atoms with van der Waals surface area (Å²) >= 11 is 0. The number of piperidine rings is 1. The first-order valence-electron chi connectivity index (χ1n) is 7.79. The highest BCUT2D eigenvalue weighted by Gasteiger charge is 2.27. The van der Waals surface area contributed by atoms with Crippen molar-refractivity contribution in [3.05, 3.63) is 23.8 Å². The third kappa shape index (κ3) is 3.49. The van der Waals surface area contributed by atoms with Gasteiger partial charge >= 0.3 is 6.09 Å². The predicted octanol–water partition coefficient (Wildman–Crippen LogP) is 1.77. The van der Waals surface area contributed by atoms with Crippen molar-refractivity contribution in [2.45, 2.75) is 25.8 Å². The summed E-state index contributed by atoms with van der Waals surface area (Å²) in [5.74, 6) is 1.18. The summed E-state index contributed by atoms with van der Waals surface area (Å²) in [4.78, 5) is 25.9. The summed E-state index contributed by atoms with van der Waals surface area (Å²) in [6.07, 6.45) is 1.24. The second-order valence-electron chi connectivity index (χ2n) is 5.52. The number of nitrogens with zero attached hydrogens (tertiary/aromatic N) is 1. The number of hydrogen-bond donors (Lipinski definition) is 1. The molecule has 0 aliphatic carbocycles. The molecule has 0 aromatic heterocycles. The second-order valence-corrected chi connectivity index (χ2v) is 5.52. The van der Waals surface area contributed by atoms with Crippen molar-refractivity contribution in [2.24, 2.45) is 0 Å². The summed E-state index contributed by atoms with van der Waals surface area (Å²) in [6, 6.07) is 5.10. The maximum absolute atomic E-state index is 12.6. The first-order chi connectivity index (χ1) is 11.2. The number of alkyl carbamates (subject to hydrolysis) is 1. The molecular formula is C16H20N2O5. The van der Waals surface area contributed by atoms with Gasteiger partial charge in [0.2, 0.25) is 6.79 Å². The van der Waals surface area contributed by atoms with Gasteiger partial charge < -0.3 is 24.4 Å². The lowest BCUT2D eigenvalue weighted by Crippen LogP contribution is -2.49. The summed E-state index contributed by atoms with van der Waals surface area (Å²) in [5, 5.41) is 2.80. The van der Waals surface area contributed by atoms with Crippen LogP contribution in [0.25, 0.3) is 0 Å². The predicted molar refractivity (Wildman–Crippen MR) is 81.6 cm³/mol. The number of nitrogens with one attached hydrogen (secondary N) is 1. The van der Waals surface area contributed by atoms with Gasteiger partial charge in [-0.25, -0.2) is 4.79 Å². The fourth-order valence-corrected chi connectivity index (χ4v) is 2.83. The molecule has 23 heavy (non-hydrogen) atoms. The van der Waals surface area contributed by atoms with Crippen LogP contribution in [0.4, 0.5) is 4.79 Å². The fraction of sp³-hybridized carbons (Fsp3) is 0.500. The minimum Gasteiger partial charge on any atom is -0.454 e. The van der Waals surface area contributed by atoms with Gasteiger partial charge in [-0.1, -0.05) is 0 Å². The van der Waals surface area contributed by atoms with E-state index in [0.717, 1.165) is 12.8 Å². The molecule has 0 saturated carbocycles. The highest BCUT2D eigenvalue weighted by molar-refractivity contribution is 5.95. The zero-order valence-electron chi connectivity index (χ0n) is 13.0. The Kier molecular flexibility index (Phi) is 4.55. The van der Waals surface area contributed by atoms with Gasteiger partial charge in [-0.05, 0) is 38.0 Å². The molecule has 2 heterocycles. The molecule has 0 spiro atoms. The number of amides is 2. The molecule has 1 fully saturated rings. The van der Waals surface area contributed by atoms with Gasteiger partial charge in [-0.15, -0.1) is 0 Å². The first kappa shape index (κ1) is 15.5. The number of hydrogen-bond acceptors (Lipinski definition) is 5. The Morgan fingerprint density at radius 2 is 2.17 bits per heavy atom. The van der Waals surface area contributed by atoms with Gasteiger partial charge in [-0.2, -0.15) is 0 Å². The van der Waals surface area contributed by atoms with E-state index in [4.69, 9.17) is 14.2 Å². The SMILES string of the molecule is CCOC(=O)N[C@H]1CCCN(C(=O)c2ccc3c(c2)OCO3)C1. The minimum atomic E-state index is -0.435. The van der Waals surface area contributed by atoms with Crippen molar-refractivity contribution in [1.29, 1.82) is 0 Å². The lowest BCUT2D eigenvalue weighted by atomic mass is 10.0. The number of carbonyl (C=O) groups is 2. The maximum atomic E-state index is 12.6. The van der Waals surface area contributed by atoms with Gasteiger partial charge in [0.1, 0.15) is 0 Å². The molecule has 0 radical (unpaired) electrons. The Hall–Kier alpha value is -2.44. The molecule has 124 valence electrons. The molecule has 2 aliphatic heterocycles. The van der Waals surface area contributed by atoms with Crippen molar-refractivity contribution in [2.75, 3.05) is 26.5 Å². The van der Waals surface area contributed by atoms with Crippen molar-refractivity contribution in [3.8, 4) is 11.5 Å². The lowest BCUT2D eigenvalue weighted by molar-refractivity contribution is 0.0686. The van der Waals surface area contributed by atoms with Crippen LogP contribution in [0.1, 0.15) is 30.1 Å². The Morgan fingerprint density at radius 3 is 3.00 bits per heavy atom. The zero-order valence-corrected chi connectivity index (χ0v) is 13.0. The number of fused-ring (bicyclic) bond motifs is 1. The number of carbonyl (C=O) groups excluding carboxylic acids is 2. The van der Waals surface area contributed by atoms with Crippen LogP contribution >= 0.6 is 0 Å². The molecule has 2 aliphatic rings. The highest BCUT2D eigenvalue weighted by Crippen LogP contribution is 2.33. The van der Waals surface area contributed by atoms with Crippen molar-refractivity contribution in [3.63, 3.8) is 0 Å². The monoisotopic (exact) mass is 320 g/mol. The van der Waals surface area contributed by atoms with E-state index in [1.165, 1.54) is 0 Å². The van der Waals surface area contributed by atoms with Gasteiger partial charge in [0.25, 0.3) is 5.91 Å². The molecule has 1 aromatic rings. The number of ether oxygens (including phenoxy) is 3. The van der Waals surface area contributed by atoms with Gasteiger partial charge in [0, 0.05) is 24.7 Å². The normalized spacial score (nSPS) is 19.3. The maximum Gasteiger partial charge on any atom is 0.407 e. The largest absolute Gasteiger partial charge is 0.454 e. The van der Waals surface area contributed by atoms with E-state index in [-0.39, 0.29) is 18.7 Å². The van der Waals surface area contributed by atoms with Crippen LogP contribution < -0.4 is 14.8 Å². The van der Waals surface area contributed by atoms with Crippen LogP contribution in [0.3, 0.4) is 0 Å². The molecule has 2 amide bonds. The van der Waals surface area contributed by atoms with Crippen LogP contribution in [0, 0.1) is 0 Å². The van der Waals surface area contributed by atoms with E-state index in [1.807, 2.05) is 0 Å². The fourth-order valence-electron chi connectivity index (χ4n) is 2.83. The Labute approximate surface area is 134 Å². The second kappa shape index (κ2) is 6.76. The molecule has 1 saturated heterocycles. The molecule has 1 atom stereocenters. The number of rotatable bonds is 3. The highest BCUT2D eigenvalue weighted by atomic mass is 16.7. The standard InChI is InChI=1S/C16H20N2O5/c1-2-21-16(20)17-12-4-3-7-18(9-12)15(19)11-5-6-13-14(8-11)23-10-22-13/h5-6,8,12H,2-4,7,9-10H2,1H3,(H,17,20)/t12-/m0/s1.